The molecule has 1 aromatic heterocycles. The Morgan fingerprint density at radius 2 is 1.09 bits per heavy atom. The van der Waals surface area contributed by atoms with Crippen molar-refractivity contribution in [2.75, 3.05) is 0 Å². The maximum atomic E-state index is 10.2. The monoisotopic (exact) mass is 418 g/mol. The summed E-state index contributed by atoms with van der Waals surface area (Å²) in [7, 11) is 0. The van der Waals surface area contributed by atoms with E-state index in [0.717, 1.165) is 49.2 Å². The molecule has 0 bridgehead atoms. The van der Waals surface area contributed by atoms with Gasteiger partial charge in [0.05, 0.1) is 0 Å². The van der Waals surface area contributed by atoms with Crippen LogP contribution in [-0.2, 0) is 0 Å². The lowest BCUT2D eigenvalue weighted by molar-refractivity contribution is 0.475. The first-order chi connectivity index (χ1) is 15.6. The molecule has 0 aliphatic carbocycles. The van der Waals surface area contributed by atoms with E-state index in [0.29, 0.717) is 5.76 Å². The van der Waals surface area contributed by atoms with Gasteiger partial charge in [0, 0.05) is 21.9 Å². The molecule has 0 fully saturated rings. The van der Waals surface area contributed by atoms with Gasteiger partial charge >= 0.3 is 0 Å². The molecule has 0 saturated carbocycles. The van der Waals surface area contributed by atoms with E-state index in [2.05, 4.69) is 0 Å². The Morgan fingerprint density at radius 1 is 0.500 bits per heavy atom. The Hall–Kier alpha value is -4.44. The van der Waals surface area contributed by atoms with Gasteiger partial charge in [-0.2, -0.15) is 0 Å². The SMILES string of the molecule is Oc1ccc(-c2oc3c4ccccc4c4cc(O)ccc4c3c2-c2ccc(O)cc2)cc1. The first kappa shape index (κ1) is 18.3. The molecule has 0 aliphatic rings. The smallest absolute Gasteiger partial charge is 0.143 e. The molecule has 1 heterocycles. The van der Waals surface area contributed by atoms with Crippen LogP contribution in [0.4, 0.5) is 0 Å². The van der Waals surface area contributed by atoms with E-state index in [1.54, 1.807) is 36.4 Å². The summed E-state index contributed by atoms with van der Waals surface area (Å²) in [4.78, 5) is 0. The molecule has 6 aromatic rings. The Kier molecular flexibility index (Phi) is 3.89. The average molecular weight is 418 g/mol. The Labute approximate surface area is 183 Å². The maximum absolute atomic E-state index is 10.2. The number of furan rings is 1. The van der Waals surface area contributed by atoms with Gasteiger partial charge in [-0.05, 0) is 76.3 Å². The Bertz CT molecular complexity index is 1630. The summed E-state index contributed by atoms with van der Waals surface area (Å²) in [5.41, 5.74) is 3.38. The van der Waals surface area contributed by atoms with Gasteiger partial charge in [-0.3, -0.25) is 0 Å². The molecule has 4 nitrogen and oxygen atoms in total. The summed E-state index contributed by atoms with van der Waals surface area (Å²) >= 11 is 0. The highest BCUT2D eigenvalue weighted by Gasteiger charge is 2.22. The number of phenolic OH excluding ortho intramolecular Hbond substituents is 3. The molecule has 154 valence electrons. The van der Waals surface area contributed by atoms with Crippen LogP contribution < -0.4 is 0 Å². The molecule has 0 saturated heterocycles. The third-order valence-corrected chi connectivity index (χ3v) is 5.93. The molecule has 4 heteroatoms. The molecule has 0 unspecified atom stereocenters. The molecule has 0 amide bonds. The molecular weight excluding hydrogens is 400 g/mol. The normalized spacial score (nSPS) is 11.5. The molecule has 0 atom stereocenters. The van der Waals surface area contributed by atoms with Crippen molar-refractivity contribution in [3.05, 3.63) is 91.0 Å². The van der Waals surface area contributed by atoms with Crippen LogP contribution in [0.2, 0.25) is 0 Å². The highest BCUT2D eigenvalue weighted by Crippen LogP contribution is 2.47. The fourth-order valence-electron chi connectivity index (χ4n) is 4.49. The second kappa shape index (κ2) is 6.79. The van der Waals surface area contributed by atoms with E-state index < -0.39 is 0 Å². The van der Waals surface area contributed by atoms with Crippen LogP contribution in [0, 0.1) is 0 Å². The predicted octanol–water partition coefficient (Wildman–Crippen LogP) is 7.19. The maximum Gasteiger partial charge on any atom is 0.143 e. The lowest BCUT2D eigenvalue weighted by Crippen LogP contribution is -1.84. The van der Waals surface area contributed by atoms with E-state index in [1.807, 2.05) is 54.6 Å². The Morgan fingerprint density at radius 3 is 1.78 bits per heavy atom. The highest BCUT2D eigenvalue weighted by molar-refractivity contribution is 6.28. The number of phenols is 3. The van der Waals surface area contributed by atoms with Crippen LogP contribution in [0.5, 0.6) is 17.2 Å². The van der Waals surface area contributed by atoms with Crippen molar-refractivity contribution in [3.8, 4) is 39.7 Å². The molecule has 0 radical (unpaired) electrons. The highest BCUT2D eigenvalue weighted by atomic mass is 16.3. The molecule has 6 rings (SSSR count). The minimum atomic E-state index is 0.183. The van der Waals surface area contributed by atoms with Gasteiger partial charge in [-0.25, -0.2) is 0 Å². The van der Waals surface area contributed by atoms with Gasteiger partial charge in [0.15, 0.2) is 0 Å². The number of aromatic hydroxyl groups is 3. The van der Waals surface area contributed by atoms with Crippen molar-refractivity contribution in [1.29, 1.82) is 0 Å². The second-order valence-electron chi connectivity index (χ2n) is 7.88. The van der Waals surface area contributed by atoms with Crippen molar-refractivity contribution in [2.24, 2.45) is 0 Å². The van der Waals surface area contributed by atoms with Crippen molar-refractivity contribution < 1.29 is 19.7 Å². The zero-order valence-electron chi connectivity index (χ0n) is 16.9. The van der Waals surface area contributed by atoms with Crippen molar-refractivity contribution in [2.45, 2.75) is 0 Å². The summed E-state index contributed by atoms with van der Waals surface area (Å²) in [6, 6.07) is 27.3. The van der Waals surface area contributed by atoms with Gasteiger partial charge in [0.1, 0.15) is 28.6 Å². The predicted molar refractivity (Wildman–Crippen MR) is 127 cm³/mol. The van der Waals surface area contributed by atoms with Gasteiger partial charge in [0.25, 0.3) is 0 Å². The van der Waals surface area contributed by atoms with Gasteiger partial charge < -0.3 is 19.7 Å². The van der Waals surface area contributed by atoms with E-state index >= 15 is 0 Å². The van der Waals surface area contributed by atoms with Crippen molar-refractivity contribution in [3.63, 3.8) is 0 Å². The van der Waals surface area contributed by atoms with Gasteiger partial charge in [-0.15, -0.1) is 0 Å². The largest absolute Gasteiger partial charge is 0.508 e. The summed E-state index contributed by atoms with van der Waals surface area (Å²) in [5, 5.41) is 34.6. The van der Waals surface area contributed by atoms with E-state index in [9.17, 15) is 15.3 Å². The van der Waals surface area contributed by atoms with Crippen LogP contribution in [-0.4, -0.2) is 15.3 Å². The standard InChI is InChI=1S/C28H18O4/c29-18-9-5-16(6-10-18)25-26-22-14-13-20(31)15-24(22)21-3-1-2-4-23(21)28(26)32-27(25)17-7-11-19(30)12-8-17/h1-15,29-31H. The third-order valence-electron chi connectivity index (χ3n) is 5.93. The minimum absolute atomic E-state index is 0.183. The van der Waals surface area contributed by atoms with Crippen LogP contribution in [0.15, 0.2) is 95.4 Å². The quantitative estimate of drug-likeness (QED) is 0.260. The first-order valence-corrected chi connectivity index (χ1v) is 10.3. The van der Waals surface area contributed by atoms with E-state index in [1.165, 1.54) is 0 Å². The van der Waals surface area contributed by atoms with Gasteiger partial charge in [-0.1, -0.05) is 36.4 Å². The summed E-state index contributed by atoms with van der Waals surface area (Å²) in [6.07, 6.45) is 0. The zero-order valence-corrected chi connectivity index (χ0v) is 16.9. The topological polar surface area (TPSA) is 73.8 Å². The molecule has 0 aliphatic heterocycles. The number of hydrogen-bond acceptors (Lipinski definition) is 4. The zero-order chi connectivity index (χ0) is 21.8. The summed E-state index contributed by atoms with van der Waals surface area (Å²) in [5.74, 6) is 1.25. The number of rotatable bonds is 2. The van der Waals surface area contributed by atoms with Crippen LogP contribution >= 0.6 is 0 Å². The van der Waals surface area contributed by atoms with Crippen LogP contribution in [0.1, 0.15) is 0 Å². The lowest BCUT2D eigenvalue weighted by atomic mass is 9.92. The minimum Gasteiger partial charge on any atom is -0.508 e. The fraction of sp³-hybridized carbons (Fsp3) is 0. The third kappa shape index (κ3) is 2.70. The molecular formula is C28H18O4. The Balaban J connectivity index is 1.85. The van der Waals surface area contributed by atoms with Crippen molar-refractivity contribution in [1.82, 2.24) is 0 Å². The second-order valence-corrected chi connectivity index (χ2v) is 7.88. The molecule has 32 heavy (non-hydrogen) atoms. The van der Waals surface area contributed by atoms with Gasteiger partial charge in [0.2, 0.25) is 0 Å². The molecule has 5 aromatic carbocycles. The lowest BCUT2D eigenvalue weighted by Gasteiger charge is -2.09. The number of fused-ring (bicyclic) bond motifs is 6. The van der Waals surface area contributed by atoms with E-state index in [4.69, 9.17) is 4.42 Å². The summed E-state index contributed by atoms with van der Waals surface area (Å²) in [6.45, 7) is 0. The molecule has 0 spiro atoms. The fourth-order valence-corrected chi connectivity index (χ4v) is 4.49. The average Bonchev–Trinajstić information content (AvgIpc) is 3.21. The van der Waals surface area contributed by atoms with Crippen molar-refractivity contribution >= 4 is 32.5 Å². The van der Waals surface area contributed by atoms with Crippen LogP contribution in [0.3, 0.4) is 0 Å². The first-order valence-electron chi connectivity index (χ1n) is 10.3. The van der Waals surface area contributed by atoms with E-state index in [-0.39, 0.29) is 17.2 Å². The number of benzene rings is 5. The van der Waals surface area contributed by atoms with Crippen LogP contribution in [0.25, 0.3) is 55.0 Å². The summed E-state index contributed by atoms with van der Waals surface area (Å²) < 4.78 is 6.55. The number of hydrogen-bond donors (Lipinski definition) is 3. The molecule has 3 N–H and O–H groups in total.